The van der Waals surface area contributed by atoms with Crippen LogP contribution in [0, 0.1) is 0 Å². The Hall–Kier alpha value is -1.70. The van der Waals surface area contributed by atoms with Gasteiger partial charge in [-0.15, -0.1) is 5.10 Å². The van der Waals surface area contributed by atoms with Crippen LogP contribution in [0.15, 0.2) is 4.79 Å². The average molecular weight is 294 g/mol. The molecule has 0 aliphatic carbocycles. The summed E-state index contributed by atoms with van der Waals surface area (Å²) < 4.78 is 7.25. The lowest BCUT2D eigenvalue weighted by molar-refractivity contribution is 0.511. The number of hydrogen-bond donors (Lipinski definition) is 1. The van der Waals surface area contributed by atoms with Crippen LogP contribution in [0.25, 0.3) is 0 Å². The molecule has 20 heavy (non-hydrogen) atoms. The Morgan fingerprint density at radius 1 is 1.40 bits per heavy atom. The summed E-state index contributed by atoms with van der Waals surface area (Å²) in [6.07, 6.45) is 4.09. The first-order chi connectivity index (χ1) is 9.79. The third-order valence-corrected chi connectivity index (χ3v) is 4.15. The standard InChI is InChI=1S/C12H18N6OS/c1-2-6-13-11-9(14-16-20-11)8-18-12(19)17-7-4-3-5-10(17)15-18/h13H,2-8H2,1H3. The van der Waals surface area contributed by atoms with E-state index in [1.807, 2.05) is 0 Å². The van der Waals surface area contributed by atoms with E-state index in [2.05, 4.69) is 26.9 Å². The van der Waals surface area contributed by atoms with E-state index in [9.17, 15) is 4.79 Å². The largest absolute Gasteiger partial charge is 0.374 e. The third kappa shape index (κ3) is 2.47. The Kier molecular flexibility index (Phi) is 3.81. The molecule has 0 saturated carbocycles. The molecule has 0 spiro atoms. The van der Waals surface area contributed by atoms with Gasteiger partial charge in [-0.05, 0) is 19.3 Å². The molecule has 2 aromatic heterocycles. The molecule has 0 fully saturated rings. The Morgan fingerprint density at radius 2 is 2.30 bits per heavy atom. The molecule has 1 aliphatic heterocycles. The summed E-state index contributed by atoms with van der Waals surface area (Å²) in [4.78, 5) is 12.3. The van der Waals surface area contributed by atoms with Crippen molar-refractivity contribution in [3.63, 3.8) is 0 Å². The van der Waals surface area contributed by atoms with Gasteiger partial charge < -0.3 is 5.32 Å². The van der Waals surface area contributed by atoms with E-state index in [4.69, 9.17) is 0 Å². The highest BCUT2D eigenvalue weighted by Crippen LogP contribution is 2.18. The van der Waals surface area contributed by atoms with Gasteiger partial charge in [0.2, 0.25) is 0 Å². The van der Waals surface area contributed by atoms with Crippen molar-refractivity contribution >= 4 is 16.5 Å². The summed E-state index contributed by atoms with van der Waals surface area (Å²) in [5.74, 6) is 0.896. The SMILES string of the molecule is CCCNc1snnc1Cn1nc2n(c1=O)CCCC2. The van der Waals surface area contributed by atoms with Crippen LogP contribution < -0.4 is 11.0 Å². The normalized spacial score (nSPS) is 14.2. The summed E-state index contributed by atoms with van der Waals surface area (Å²) in [5.41, 5.74) is 0.759. The van der Waals surface area contributed by atoms with Crippen LogP contribution in [0.2, 0.25) is 0 Å². The van der Waals surface area contributed by atoms with Crippen molar-refractivity contribution in [2.75, 3.05) is 11.9 Å². The van der Waals surface area contributed by atoms with Gasteiger partial charge in [0.15, 0.2) is 0 Å². The molecule has 1 N–H and O–H groups in total. The highest BCUT2D eigenvalue weighted by molar-refractivity contribution is 7.10. The highest BCUT2D eigenvalue weighted by atomic mass is 32.1. The van der Waals surface area contributed by atoms with Crippen LogP contribution in [-0.2, 0) is 19.5 Å². The predicted octanol–water partition coefficient (Wildman–Crippen LogP) is 1.10. The molecule has 8 heteroatoms. The van der Waals surface area contributed by atoms with Gasteiger partial charge in [0.25, 0.3) is 0 Å². The number of hydrogen-bond acceptors (Lipinski definition) is 6. The lowest BCUT2D eigenvalue weighted by Gasteiger charge is -2.09. The first-order valence-corrected chi connectivity index (χ1v) is 7.78. The molecule has 3 rings (SSSR count). The van der Waals surface area contributed by atoms with E-state index in [0.717, 1.165) is 55.3 Å². The van der Waals surface area contributed by atoms with E-state index >= 15 is 0 Å². The quantitative estimate of drug-likeness (QED) is 0.893. The second-order valence-corrected chi connectivity index (χ2v) is 5.69. The zero-order valence-electron chi connectivity index (χ0n) is 11.5. The van der Waals surface area contributed by atoms with Gasteiger partial charge in [-0.25, -0.2) is 9.48 Å². The number of nitrogens with zero attached hydrogens (tertiary/aromatic N) is 5. The number of aryl methyl sites for hydroxylation is 1. The van der Waals surface area contributed by atoms with E-state index in [0.29, 0.717) is 6.54 Å². The van der Waals surface area contributed by atoms with Crippen LogP contribution in [0.4, 0.5) is 5.00 Å². The fourth-order valence-corrected chi connectivity index (χ4v) is 2.98. The van der Waals surface area contributed by atoms with Crippen LogP contribution in [0.3, 0.4) is 0 Å². The number of rotatable bonds is 5. The van der Waals surface area contributed by atoms with E-state index in [-0.39, 0.29) is 5.69 Å². The lowest BCUT2D eigenvalue weighted by Crippen LogP contribution is -2.27. The van der Waals surface area contributed by atoms with Gasteiger partial charge in [-0.1, -0.05) is 11.4 Å². The first kappa shape index (κ1) is 13.3. The first-order valence-electron chi connectivity index (χ1n) is 7.01. The number of anilines is 1. The van der Waals surface area contributed by atoms with Crippen molar-refractivity contribution in [2.45, 2.75) is 45.7 Å². The van der Waals surface area contributed by atoms with Gasteiger partial charge in [-0.2, -0.15) is 5.10 Å². The molecule has 0 bridgehead atoms. The second kappa shape index (κ2) is 5.74. The minimum absolute atomic E-state index is 0.0332. The summed E-state index contributed by atoms with van der Waals surface area (Å²) in [6, 6.07) is 0. The smallest absolute Gasteiger partial charge is 0.346 e. The predicted molar refractivity (Wildman–Crippen MR) is 77.2 cm³/mol. The van der Waals surface area contributed by atoms with Crippen LogP contribution in [-0.4, -0.2) is 30.5 Å². The molecule has 0 aromatic carbocycles. The van der Waals surface area contributed by atoms with Crippen molar-refractivity contribution in [1.82, 2.24) is 23.9 Å². The Labute approximate surface area is 120 Å². The van der Waals surface area contributed by atoms with Gasteiger partial charge in [0, 0.05) is 31.0 Å². The zero-order valence-corrected chi connectivity index (χ0v) is 12.3. The lowest BCUT2D eigenvalue weighted by atomic mass is 10.2. The van der Waals surface area contributed by atoms with Crippen LogP contribution >= 0.6 is 11.5 Å². The van der Waals surface area contributed by atoms with E-state index in [1.54, 1.807) is 4.57 Å². The fraction of sp³-hybridized carbons (Fsp3) is 0.667. The molecular formula is C12H18N6OS. The maximum Gasteiger partial charge on any atom is 0.346 e. The third-order valence-electron chi connectivity index (χ3n) is 3.42. The molecule has 0 saturated heterocycles. The summed E-state index contributed by atoms with van der Waals surface area (Å²) >= 11 is 1.33. The van der Waals surface area contributed by atoms with Crippen molar-refractivity contribution < 1.29 is 0 Å². The van der Waals surface area contributed by atoms with Gasteiger partial charge >= 0.3 is 5.69 Å². The second-order valence-electron chi connectivity index (χ2n) is 4.94. The van der Waals surface area contributed by atoms with E-state index in [1.165, 1.54) is 16.2 Å². The number of nitrogens with one attached hydrogen (secondary N) is 1. The van der Waals surface area contributed by atoms with Crippen molar-refractivity contribution in [3.8, 4) is 0 Å². The van der Waals surface area contributed by atoms with Crippen molar-refractivity contribution in [3.05, 3.63) is 22.0 Å². The maximum absolute atomic E-state index is 12.3. The Bertz CT molecular complexity index is 643. The molecule has 1 aliphatic rings. The number of aromatic nitrogens is 5. The van der Waals surface area contributed by atoms with Crippen molar-refractivity contribution in [2.24, 2.45) is 0 Å². The van der Waals surface area contributed by atoms with Gasteiger partial charge in [0.05, 0.1) is 6.54 Å². The Balaban J connectivity index is 1.83. The molecule has 0 atom stereocenters. The molecule has 3 heterocycles. The van der Waals surface area contributed by atoms with Gasteiger partial charge in [-0.3, -0.25) is 4.57 Å². The van der Waals surface area contributed by atoms with Gasteiger partial charge in [0.1, 0.15) is 16.5 Å². The minimum atomic E-state index is -0.0332. The molecule has 108 valence electrons. The molecule has 0 amide bonds. The molecular weight excluding hydrogens is 276 g/mol. The fourth-order valence-electron chi connectivity index (χ4n) is 2.38. The zero-order chi connectivity index (χ0) is 13.9. The van der Waals surface area contributed by atoms with E-state index < -0.39 is 0 Å². The topological polar surface area (TPSA) is 77.6 Å². The molecule has 2 aromatic rings. The summed E-state index contributed by atoms with van der Waals surface area (Å²) in [6.45, 7) is 4.16. The van der Waals surface area contributed by atoms with Crippen LogP contribution in [0.1, 0.15) is 37.7 Å². The van der Waals surface area contributed by atoms with Crippen LogP contribution in [0.5, 0.6) is 0 Å². The molecule has 0 radical (unpaired) electrons. The minimum Gasteiger partial charge on any atom is -0.374 e. The maximum atomic E-state index is 12.3. The monoisotopic (exact) mass is 294 g/mol. The molecule has 7 nitrogen and oxygen atoms in total. The molecule has 0 unspecified atom stereocenters. The summed E-state index contributed by atoms with van der Waals surface area (Å²) in [5, 5.41) is 12.8. The summed E-state index contributed by atoms with van der Waals surface area (Å²) in [7, 11) is 0. The average Bonchev–Trinajstić information content (AvgIpc) is 3.03. The highest BCUT2D eigenvalue weighted by Gasteiger charge is 2.18. The number of fused-ring (bicyclic) bond motifs is 1. The van der Waals surface area contributed by atoms with Crippen molar-refractivity contribution in [1.29, 1.82) is 0 Å². The Morgan fingerprint density at radius 3 is 3.10 bits per heavy atom.